The van der Waals surface area contributed by atoms with Crippen molar-refractivity contribution in [1.82, 2.24) is 4.98 Å². The Balaban J connectivity index is 2.36. The van der Waals surface area contributed by atoms with Crippen LogP contribution in [0, 0.1) is 0 Å². The van der Waals surface area contributed by atoms with Gasteiger partial charge in [0.25, 0.3) is 0 Å². The Bertz CT molecular complexity index is 281. The molecule has 1 heterocycles. The van der Waals surface area contributed by atoms with Gasteiger partial charge < -0.3 is 10.1 Å². The lowest BCUT2D eigenvalue weighted by Crippen LogP contribution is -1.99. The number of nitrogens with one attached hydrogen (secondary N) is 1. The monoisotopic (exact) mass is 226 g/mol. The summed E-state index contributed by atoms with van der Waals surface area (Å²) in [6, 6.07) is 4.16. The van der Waals surface area contributed by atoms with Crippen molar-refractivity contribution in [3.63, 3.8) is 0 Å². The van der Waals surface area contributed by atoms with Crippen LogP contribution in [0.1, 0.15) is 12.5 Å². The normalized spacial score (nSPS) is 10.3. The summed E-state index contributed by atoms with van der Waals surface area (Å²) in [6.45, 7) is 3.80. The van der Waals surface area contributed by atoms with Gasteiger partial charge in [0, 0.05) is 31.4 Å². The number of anilines is 1. The lowest BCUT2D eigenvalue weighted by Gasteiger charge is -2.05. The van der Waals surface area contributed by atoms with E-state index in [2.05, 4.69) is 29.4 Å². The molecular formula is C11H18N2OS. The molecular weight excluding hydrogens is 208 g/mol. The number of aromatic nitrogens is 1. The van der Waals surface area contributed by atoms with Crippen molar-refractivity contribution in [3.05, 3.63) is 23.9 Å². The van der Waals surface area contributed by atoms with Crippen molar-refractivity contribution < 1.29 is 4.74 Å². The Morgan fingerprint density at radius 3 is 3.13 bits per heavy atom. The molecule has 0 fully saturated rings. The predicted octanol–water partition coefficient (Wildman–Crippen LogP) is 2.39. The second-order valence-corrected chi connectivity index (χ2v) is 4.23. The van der Waals surface area contributed by atoms with E-state index in [4.69, 9.17) is 4.74 Å². The molecule has 1 aromatic rings. The molecule has 84 valence electrons. The maximum atomic E-state index is 5.00. The molecule has 0 radical (unpaired) electrons. The first kappa shape index (κ1) is 12.3. The van der Waals surface area contributed by atoms with Crippen LogP contribution in [-0.2, 0) is 10.5 Å². The quantitative estimate of drug-likeness (QED) is 0.724. The minimum absolute atomic E-state index is 0.815. The summed E-state index contributed by atoms with van der Waals surface area (Å²) in [5.74, 6) is 3.02. The Morgan fingerprint density at radius 2 is 2.40 bits per heavy atom. The molecule has 4 heteroatoms. The molecule has 0 aliphatic rings. The molecule has 3 nitrogen and oxygen atoms in total. The van der Waals surface area contributed by atoms with Gasteiger partial charge in [0.15, 0.2) is 0 Å². The molecule has 15 heavy (non-hydrogen) atoms. The van der Waals surface area contributed by atoms with Gasteiger partial charge in [-0.05, 0) is 24.6 Å². The van der Waals surface area contributed by atoms with E-state index in [-0.39, 0.29) is 0 Å². The van der Waals surface area contributed by atoms with Crippen molar-refractivity contribution >= 4 is 17.6 Å². The SMILES string of the molecule is CCNc1cc(CSCCOC)ccn1. The second kappa shape index (κ2) is 7.54. The van der Waals surface area contributed by atoms with Gasteiger partial charge in [-0.15, -0.1) is 0 Å². The number of ether oxygens (including phenoxy) is 1. The predicted molar refractivity (Wildman–Crippen MR) is 66.4 cm³/mol. The van der Waals surface area contributed by atoms with Crippen LogP contribution in [0.5, 0.6) is 0 Å². The van der Waals surface area contributed by atoms with Crippen molar-refractivity contribution in [2.24, 2.45) is 0 Å². The highest BCUT2D eigenvalue weighted by molar-refractivity contribution is 7.98. The third kappa shape index (κ3) is 5.04. The molecule has 0 amide bonds. The van der Waals surface area contributed by atoms with Gasteiger partial charge in [0.05, 0.1) is 6.61 Å². The van der Waals surface area contributed by atoms with Gasteiger partial charge >= 0.3 is 0 Å². The lowest BCUT2D eigenvalue weighted by molar-refractivity contribution is 0.218. The van der Waals surface area contributed by atoms with Crippen LogP contribution in [0.3, 0.4) is 0 Å². The van der Waals surface area contributed by atoms with Crippen LogP contribution in [0.25, 0.3) is 0 Å². The minimum atomic E-state index is 0.815. The molecule has 1 aromatic heterocycles. The molecule has 0 spiro atoms. The van der Waals surface area contributed by atoms with E-state index in [9.17, 15) is 0 Å². The fourth-order valence-corrected chi connectivity index (χ4v) is 2.02. The molecule has 0 saturated carbocycles. The fourth-order valence-electron chi connectivity index (χ4n) is 1.17. The van der Waals surface area contributed by atoms with Crippen LogP contribution in [-0.4, -0.2) is 31.0 Å². The standard InChI is InChI=1S/C11H18N2OS/c1-3-12-11-8-10(4-5-13-11)9-15-7-6-14-2/h4-5,8H,3,6-7,9H2,1-2H3,(H,12,13). The van der Waals surface area contributed by atoms with Crippen molar-refractivity contribution in [3.8, 4) is 0 Å². The first-order chi connectivity index (χ1) is 7.36. The van der Waals surface area contributed by atoms with E-state index in [1.807, 2.05) is 18.0 Å². The number of methoxy groups -OCH3 is 1. The summed E-state index contributed by atoms with van der Waals surface area (Å²) in [5, 5.41) is 3.20. The van der Waals surface area contributed by atoms with E-state index in [1.165, 1.54) is 5.56 Å². The van der Waals surface area contributed by atoms with Gasteiger partial charge in [-0.3, -0.25) is 0 Å². The van der Waals surface area contributed by atoms with E-state index in [0.717, 1.165) is 30.5 Å². The average Bonchev–Trinajstić information content (AvgIpc) is 2.26. The first-order valence-corrected chi connectivity index (χ1v) is 6.27. The number of hydrogen-bond acceptors (Lipinski definition) is 4. The highest BCUT2D eigenvalue weighted by Crippen LogP contribution is 2.14. The maximum absolute atomic E-state index is 5.00. The van der Waals surface area contributed by atoms with Gasteiger partial charge in [-0.25, -0.2) is 4.98 Å². The summed E-state index contributed by atoms with van der Waals surface area (Å²) < 4.78 is 5.00. The molecule has 0 aliphatic heterocycles. The van der Waals surface area contributed by atoms with Gasteiger partial charge in [0.1, 0.15) is 5.82 Å². The number of pyridine rings is 1. The van der Waals surface area contributed by atoms with Crippen molar-refractivity contribution in [1.29, 1.82) is 0 Å². The summed E-state index contributed by atoms with van der Waals surface area (Å²) in [7, 11) is 1.73. The highest BCUT2D eigenvalue weighted by atomic mass is 32.2. The number of rotatable bonds is 7. The summed E-state index contributed by atoms with van der Waals surface area (Å²) in [4.78, 5) is 4.23. The largest absolute Gasteiger partial charge is 0.384 e. The second-order valence-electron chi connectivity index (χ2n) is 3.13. The van der Waals surface area contributed by atoms with E-state index >= 15 is 0 Å². The first-order valence-electron chi connectivity index (χ1n) is 5.12. The van der Waals surface area contributed by atoms with Crippen molar-refractivity contribution in [2.75, 3.05) is 31.3 Å². The third-order valence-corrected chi connectivity index (χ3v) is 2.88. The minimum Gasteiger partial charge on any atom is -0.384 e. The molecule has 0 aliphatic carbocycles. The molecule has 0 aromatic carbocycles. The molecule has 0 atom stereocenters. The van der Waals surface area contributed by atoms with E-state index in [1.54, 1.807) is 7.11 Å². The number of nitrogens with zero attached hydrogens (tertiary/aromatic N) is 1. The van der Waals surface area contributed by atoms with Gasteiger partial charge in [-0.1, -0.05) is 0 Å². The summed E-state index contributed by atoms with van der Waals surface area (Å²) >= 11 is 1.88. The molecule has 0 bridgehead atoms. The smallest absolute Gasteiger partial charge is 0.126 e. The summed E-state index contributed by atoms with van der Waals surface area (Å²) in [5.41, 5.74) is 1.31. The maximum Gasteiger partial charge on any atom is 0.126 e. The van der Waals surface area contributed by atoms with E-state index < -0.39 is 0 Å². The average molecular weight is 226 g/mol. The van der Waals surface area contributed by atoms with E-state index in [0.29, 0.717) is 0 Å². The van der Waals surface area contributed by atoms with Gasteiger partial charge in [-0.2, -0.15) is 11.8 Å². The molecule has 0 unspecified atom stereocenters. The molecule has 1 rings (SSSR count). The number of hydrogen-bond donors (Lipinski definition) is 1. The zero-order valence-electron chi connectivity index (χ0n) is 9.32. The zero-order valence-corrected chi connectivity index (χ0v) is 10.1. The Hall–Kier alpha value is -0.740. The molecule has 0 saturated heterocycles. The Labute approximate surface area is 95.6 Å². The Morgan fingerprint density at radius 1 is 1.53 bits per heavy atom. The number of thioether (sulfide) groups is 1. The fraction of sp³-hybridized carbons (Fsp3) is 0.545. The van der Waals surface area contributed by atoms with Crippen LogP contribution >= 0.6 is 11.8 Å². The topological polar surface area (TPSA) is 34.1 Å². The van der Waals surface area contributed by atoms with Crippen LogP contribution in [0.15, 0.2) is 18.3 Å². The van der Waals surface area contributed by atoms with Crippen molar-refractivity contribution in [2.45, 2.75) is 12.7 Å². The highest BCUT2D eigenvalue weighted by Gasteiger charge is 1.96. The van der Waals surface area contributed by atoms with Crippen LogP contribution < -0.4 is 5.32 Å². The zero-order chi connectivity index (χ0) is 10.9. The third-order valence-electron chi connectivity index (χ3n) is 1.88. The Kier molecular flexibility index (Phi) is 6.20. The van der Waals surface area contributed by atoms with Crippen LogP contribution in [0.4, 0.5) is 5.82 Å². The van der Waals surface area contributed by atoms with Gasteiger partial charge in [0.2, 0.25) is 0 Å². The lowest BCUT2D eigenvalue weighted by atomic mass is 10.3. The summed E-state index contributed by atoms with van der Waals surface area (Å²) in [6.07, 6.45) is 1.85. The van der Waals surface area contributed by atoms with Crippen LogP contribution in [0.2, 0.25) is 0 Å². The molecule has 1 N–H and O–H groups in total.